The molecule has 3 aromatic rings. The number of benzene rings is 1. The van der Waals surface area contributed by atoms with Crippen molar-refractivity contribution in [1.29, 1.82) is 5.26 Å². The van der Waals surface area contributed by atoms with E-state index in [1.54, 1.807) is 12.3 Å². The van der Waals surface area contributed by atoms with Crippen LogP contribution < -0.4 is 15.0 Å². The number of ether oxygens (including phenoxy) is 2. The van der Waals surface area contributed by atoms with Gasteiger partial charge < -0.3 is 9.47 Å². The van der Waals surface area contributed by atoms with Crippen LogP contribution in [0.2, 0.25) is 5.02 Å². The van der Waals surface area contributed by atoms with Crippen LogP contribution in [0.25, 0.3) is 0 Å². The molecule has 0 aliphatic heterocycles. The van der Waals surface area contributed by atoms with Crippen LogP contribution in [0, 0.1) is 11.3 Å². The lowest BCUT2D eigenvalue weighted by atomic mass is 10.2. The Morgan fingerprint density at radius 1 is 1.28 bits per heavy atom. The molecular weight excluding hydrogens is 471 g/mol. The summed E-state index contributed by atoms with van der Waals surface area (Å²) >= 11 is 7.15. The molecule has 2 aromatic heterocycles. The number of nitrogens with zero attached hydrogens (tertiary/aromatic N) is 5. The van der Waals surface area contributed by atoms with Gasteiger partial charge in [-0.3, -0.25) is 9.36 Å². The Labute approximate surface area is 188 Å². The van der Waals surface area contributed by atoms with Gasteiger partial charge in [0.15, 0.2) is 10.9 Å². The molecule has 0 spiro atoms. The zero-order valence-electron chi connectivity index (χ0n) is 16.5. The largest absolute Gasteiger partial charge is 0.481 e. The Hall–Kier alpha value is -3.30. The van der Waals surface area contributed by atoms with Gasteiger partial charge in [0, 0.05) is 11.2 Å². The standard InChI is InChI=1S/C19H13ClF3N5O3S/c1-30-16-11(7-25-18(27-16)32-2)8-28-9-26-15(19(21,22)23)14(17(28)29)31-13-4-10(6-24)3-12(20)5-13/h3-5,7,9H,8H2,1-2H3. The first-order chi connectivity index (χ1) is 15.2. The molecule has 2 heterocycles. The first-order valence-electron chi connectivity index (χ1n) is 8.65. The molecule has 0 radical (unpaired) electrons. The van der Waals surface area contributed by atoms with Crippen molar-refractivity contribution in [2.75, 3.05) is 13.4 Å². The number of nitriles is 1. The van der Waals surface area contributed by atoms with Gasteiger partial charge in [0.05, 0.1) is 37.2 Å². The quantitative estimate of drug-likeness (QED) is 0.380. The summed E-state index contributed by atoms with van der Waals surface area (Å²) in [6.07, 6.45) is -1.06. The topological polar surface area (TPSA) is 103 Å². The number of aromatic nitrogens is 4. The van der Waals surface area contributed by atoms with E-state index in [1.807, 2.05) is 0 Å². The van der Waals surface area contributed by atoms with Crippen LogP contribution in [-0.4, -0.2) is 32.9 Å². The molecule has 166 valence electrons. The molecule has 1 aromatic carbocycles. The van der Waals surface area contributed by atoms with Gasteiger partial charge in [0.25, 0.3) is 5.56 Å². The molecule has 0 atom stereocenters. The highest BCUT2D eigenvalue weighted by atomic mass is 35.5. The molecule has 8 nitrogen and oxygen atoms in total. The number of hydrogen-bond donors (Lipinski definition) is 0. The monoisotopic (exact) mass is 483 g/mol. The number of halogens is 4. The lowest BCUT2D eigenvalue weighted by molar-refractivity contribution is -0.142. The fraction of sp³-hybridized carbons (Fsp3) is 0.211. The molecule has 32 heavy (non-hydrogen) atoms. The summed E-state index contributed by atoms with van der Waals surface area (Å²) in [5.41, 5.74) is -2.24. The number of rotatable bonds is 6. The van der Waals surface area contributed by atoms with Gasteiger partial charge in [-0.15, -0.1) is 0 Å². The summed E-state index contributed by atoms with van der Waals surface area (Å²) in [5, 5.41) is 9.51. The van der Waals surface area contributed by atoms with E-state index in [0.29, 0.717) is 10.7 Å². The van der Waals surface area contributed by atoms with Gasteiger partial charge in [0.1, 0.15) is 5.75 Å². The normalized spacial score (nSPS) is 11.2. The van der Waals surface area contributed by atoms with E-state index in [2.05, 4.69) is 15.0 Å². The lowest BCUT2D eigenvalue weighted by Gasteiger charge is -2.15. The van der Waals surface area contributed by atoms with Gasteiger partial charge in [-0.2, -0.15) is 23.4 Å². The van der Waals surface area contributed by atoms with Crippen molar-refractivity contribution in [3.8, 4) is 23.4 Å². The third-order valence-electron chi connectivity index (χ3n) is 4.00. The van der Waals surface area contributed by atoms with E-state index in [9.17, 15) is 18.0 Å². The zero-order chi connectivity index (χ0) is 23.5. The SMILES string of the molecule is COc1nc(SC)ncc1Cn1cnc(C(F)(F)F)c(Oc2cc(Cl)cc(C#N)c2)c1=O. The minimum absolute atomic E-state index is 0.0426. The summed E-state index contributed by atoms with van der Waals surface area (Å²) in [7, 11) is 1.37. The molecule has 3 rings (SSSR count). The minimum atomic E-state index is -4.97. The Balaban J connectivity index is 2.09. The molecule has 0 saturated heterocycles. The predicted octanol–water partition coefficient (Wildman–Crippen LogP) is 4.15. The average molecular weight is 484 g/mol. The Morgan fingerprint density at radius 3 is 2.66 bits per heavy atom. The van der Waals surface area contributed by atoms with Gasteiger partial charge in [-0.05, 0) is 24.5 Å². The highest BCUT2D eigenvalue weighted by Crippen LogP contribution is 2.35. The van der Waals surface area contributed by atoms with E-state index in [-0.39, 0.29) is 28.8 Å². The van der Waals surface area contributed by atoms with E-state index < -0.39 is 23.2 Å². The Morgan fingerprint density at radius 2 is 2.03 bits per heavy atom. The maximum absolute atomic E-state index is 13.5. The van der Waals surface area contributed by atoms with Crippen LogP contribution in [0.3, 0.4) is 0 Å². The van der Waals surface area contributed by atoms with Gasteiger partial charge in [-0.1, -0.05) is 23.4 Å². The first-order valence-corrected chi connectivity index (χ1v) is 10.3. The van der Waals surface area contributed by atoms with Crippen molar-refractivity contribution in [3.63, 3.8) is 0 Å². The van der Waals surface area contributed by atoms with Crippen LogP contribution in [0.5, 0.6) is 17.4 Å². The highest BCUT2D eigenvalue weighted by molar-refractivity contribution is 7.98. The van der Waals surface area contributed by atoms with Crippen LogP contribution >= 0.6 is 23.4 Å². The smallest absolute Gasteiger partial charge is 0.437 e. The molecule has 0 N–H and O–H groups in total. The minimum Gasteiger partial charge on any atom is -0.481 e. The molecule has 13 heteroatoms. The molecule has 0 aliphatic carbocycles. The highest BCUT2D eigenvalue weighted by Gasteiger charge is 2.38. The van der Waals surface area contributed by atoms with Gasteiger partial charge in [-0.25, -0.2) is 9.97 Å². The maximum atomic E-state index is 13.5. The third kappa shape index (κ3) is 5.12. The molecule has 0 saturated carbocycles. The Bertz CT molecular complexity index is 1260. The second-order valence-electron chi connectivity index (χ2n) is 6.13. The van der Waals surface area contributed by atoms with Crippen molar-refractivity contribution < 1.29 is 22.6 Å². The van der Waals surface area contributed by atoms with Crippen LogP contribution in [-0.2, 0) is 12.7 Å². The lowest BCUT2D eigenvalue weighted by Crippen LogP contribution is -2.27. The van der Waals surface area contributed by atoms with E-state index in [0.717, 1.165) is 17.0 Å². The second-order valence-corrected chi connectivity index (χ2v) is 7.34. The second kappa shape index (κ2) is 9.46. The van der Waals surface area contributed by atoms with E-state index in [1.165, 1.54) is 37.2 Å². The molecule has 0 unspecified atom stereocenters. The van der Waals surface area contributed by atoms with E-state index in [4.69, 9.17) is 26.3 Å². The van der Waals surface area contributed by atoms with Crippen molar-refractivity contribution in [2.24, 2.45) is 0 Å². The Kier molecular flexibility index (Phi) is 6.90. The molecule has 0 aliphatic rings. The number of alkyl halides is 3. The summed E-state index contributed by atoms with van der Waals surface area (Å²) < 4.78 is 51.8. The number of hydrogen-bond acceptors (Lipinski definition) is 8. The predicted molar refractivity (Wildman–Crippen MR) is 109 cm³/mol. The molecule has 0 bridgehead atoms. The fourth-order valence-corrected chi connectivity index (χ4v) is 3.18. The summed E-state index contributed by atoms with van der Waals surface area (Å²) in [6, 6.07) is 5.43. The van der Waals surface area contributed by atoms with Crippen LogP contribution in [0.1, 0.15) is 16.8 Å². The molecule has 0 fully saturated rings. The third-order valence-corrected chi connectivity index (χ3v) is 4.78. The molecule has 0 amide bonds. The fourth-order valence-electron chi connectivity index (χ4n) is 2.62. The molecular formula is C19H13ClF3N5O3S. The average Bonchev–Trinajstić information content (AvgIpc) is 2.75. The van der Waals surface area contributed by atoms with E-state index >= 15 is 0 Å². The number of methoxy groups -OCH3 is 1. The van der Waals surface area contributed by atoms with Crippen molar-refractivity contribution in [1.82, 2.24) is 19.5 Å². The van der Waals surface area contributed by atoms with Gasteiger partial charge >= 0.3 is 6.18 Å². The summed E-state index contributed by atoms with van der Waals surface area (Å²) in [6.45, 7) is -0.225. The maximum Gasteiger partial charge on any atom is 0.437 e. The van der Waals surface area contributed by atoms with Gasteiger partial charge in [0.2, 0.25) is 11.6 Å². The van der Waals surface area contributed by atoms with Crippen molar-refractivity contribution >= 4 is 23.4 Å². The summed E-state index contributed by atoms with van der Waals surface area (Å²) in [5.74, 6) is -1.12. The zero-order valence-corrected chi connectivity index (χ0v) is 18.0. The number of thioether (sulfide) groups is 1. The van der Waals surface area contributed by atoms with Crippen LogP contribution in [0.4, 0.5) is 13.2 Å². The first kappa shape index (κ1) is 23.4. The van der Waals surface area contributed by atoms with Crippen molar-refractivity contribution in [3.05, 3.63) is 62.9 Å². The van der Waals surface area contributed by atoms with Crippen molar-refractivity contribution in [2.45, 2.75) is 17.9 Å². The van der Waals surface area contributed by atoms with Crippen LogP contribution in [0.15, 0.2) is 40.7 Å². The summed E-state index contributed by atoms with van der Waals surface area (Å²) in [4.78, 5) is 24.5.